The van der Waals surface area contributed by atoms with E-state index in [2.05, 4.69) is 10.3 Å². The highest BCUT2D eigenvalue weighted by Gasteiger charge is 2.35. The number of aromatic nitrogens is 3. The second-order valence-corrected chi connectivity index (χ2v) is 13.3. The summed E-state index contributed by atoms with van der Waals surface area (Å²) in [5, 5.41) is 18.3. The molecule has 0 bridgehead atoms. The molecular formula is C27H31ClN4O5S2. The Hall–Kier alpha value is -2.67. The second-order valence-electron chi connectivity index (χ2n) is 9.59. The summed E-state index contributed by atoms with van der Waals surface area (Å²) in [5.41, 5.74) is 4.08. The van der Waals surface area contributed by atoms with Crippen molar-refractivity contribution in [2.75, 3.05) is 6.54 Å². The van der Waals surface area contributed by atoms with Crippen molar-refractivity contribution in [2.45, 2.75) is 63.6 Å². The maximum atomic E-state index is 12.0. The molecular weight excluding hydrogens is 560 g/mol. The van der Waals surface area contributed by atoms with Crippen LogP contribution in [0.4, 0.5) is 0 Å². The molecule has 0 fully saturated rings. The molecule has 5 rings (SSSR count). The van der Waals surface area contributed by atoms with Crippen LogP contribution in [0.3, 0.4) is 0 Å². The van der Waals surface area contributed by atoms with Crippen LogP contribution in [0.5, 0.6) is 5.75 Å². The number of hydrogen-bond acceptors (Lipinski definition) is 8. The highest BCUT2D eigenvalue weighted by molar-refractivity contribution is 8.22. The van der Waals surface area contributed by atoms with Gasteiger partial charge in [0.1, 0.15) is 22.3 Å². The Kier molecular flexibility index (Phi) is 7.91. The number of para-hydroxylation sites is 1. The van der Waals surface area contributed by atoms with E-state index >= 15 is 0 Å². The molecule has 9 nitrogen and oxygen atoms in total. The first-order chi connectivity index (χ1) is 18.6. The minimum atomic E-state index is -3.35. The lowest BCUT2D eigenvalue weighted by atomic mass is 9.89. The molecule has 2 aromatic heterocycles. The van der Waals surface area contributed by atoms with Crippen molar-refractivity contribution < 1.29 is 23.7 Å². The molecule has 1 aliphatic heterocycles. The Morgan fingerprint density at radius 2 is 2.03 bits per heavy atom. The number of rotatable bonds is 8. The molecule has 39 heavy (non-hydrogen) atoms. The predicted octanol–water partition coefficient (Wildman–Crippen LogP) is 6.78. The molecule has 0 radical (unpaired) electrons. The Balaban J connectivity index is 1.51. The smallest absolute Gasteiger partial charge is 0.304 e. The number of halogens is 1. The van der Waals surface area contributed by atoms with E-state index in [9.17, 15) is 19.0 Å². The summed E-state index contributed by atoms with van der Waals surface area (Å²) < 4.78 is 32.7. The summed E-state index contributed by atoms with van der Waals surface area (Å²) >= 11 is 8.05. The fourth-order valence-corrected chi connectivity index (χ4v) is 8.07. The van der Waals surface area contributed by atoms with E-state index < -0.39 is 22.7 Å². The van der Waals surface area contributed by atoms with Gasteiger partial charge in [0.15, 0.2) is 0 Å². The van der Waals surface area contributed by atoms with Gasteiger partial charge in [0.05, 0.1) is 22.8 Å². The average Bonchev–Trinajstić information content (AvgIpc) is 3.47. The van der Waals surface area contributed by atoms with Crippen molar-refractivity contribution in [3.05, 3.63) is 68.4 Å². The minimum absolute atomic E-state index is 0.122. The van der Waals surface area contributed by atoms with Gasteiger partial charge in [-0.15, -0.1) is 27.2 Å². The molecule has 208 valence electrons. The Labute approximate surface area is 237 Å². The molecule has 3 N–H and O–H groups in total. The average molecular weight is 591 g/mol. The predicted molar refractivity (Wildman–Crippen MR) is 154 cm³/mol. The van der Waals surface area contributed by atoms with E-state index in [-0.39, 0.29) is 19.1 Å². The van der Waals surface area contributed by atoms with Crippen molar-refractivity contribution >= 4 is 50.7 Å². The highest BCUT2D eigenvalue weighted by Crippen LogP contribution is 2.58. The molecule has 1 aliphatic rings. The molecule has 0 saturated carbocycles. The summed E-state index contributed by atoms with van der Waals surface area (Å²) in [7, 11) is -3.35. The summed E-state index contributed by atoms with van der Waals surface area (Å²) in [6.07, 6.45) is 0.332. The number of fused-ring (bicyclic) bond motifs is 2. The van der Waals surface area contributed by atoms with Crippen LogP contribution in [0, 0.1) is 6.92 Å². The van der Waals surface area contributed by atoms with E-state index in [1.54, 1.807) is 22.5 Å². The van der Waals surface area contributed by atoms with Gasteiger partial charge in [-0.25, -0.2) is 4.68 Å². The quantitative estimate of drug-likeness (QED) is 0.205. The number of ether oxygens (including phenoxy) is 1. The van der Waals surface area contributed by atoms with Gasteiger partial charge < -0.3 is 9.84 Å². The lowest BCUT2D eigenvalue weighted by molar-refractivity contribution is -0.137. The van der Waals surface area contributed by atoms with Crippen LogP contribution in [-0.4, -0.2) is 52.1 Å². The third-order valence-corrected chi connectivity index (χ3v) is 10.6. The summed E-state index contributed by atoms with van der Waals surface area (Å²) in [6.45, 7) is 7.08. The lowest BCUT2D eigenvalue weighted by Crippen LogP contribution is -2.34. The summed E-state index contributed by atoms with van der Waals surface area (Å²) in [4.78, 5) is 13.1. The fourth-order valence-electron chi connectivity index (χ4n) is 5.06. The third-order valence-electron chi connectivity index (χ3n) is 7.16. The number of carboxylic acid groups (broad SMARTS) is 1. The first-order valence-corrected chi connectivity index (χ1v) is 15.4. The molecule has 2 aromatic carbocycles. The summed E-state index contributed by atoms with van der Waals surface area (Å²) in [6, 6.07) is 12.8. The maximum absolute atomic E-state index is 12.0. The SMILES string of the molecule is CCC1CN(Cc2cc(C(CC(=O)O)c3ccc4c(nnn4CC)c3C)sc2Cl)S(O)(O)c2ccccc2O1. The zero-order valence-corrected chi connectivity index (χ0v) is 24.3. The standard InChI is InChI=1S/C27H31ClN4O5S2/c1-4-18-15-31(39(35,36)24-9-7-6-8-22(24)37-18)14-17-12-23(38-27(17)28)20(13-25(33)34)19-10-11-21-26(16(19)3)29-30-32(21)5-2/h6-12,18,20,35-36H,4-5,13-15H2,1-3H3,(H,33,34). The first-order valence-electron chi connectivity index (χ1n) is 12.8. The van der Waals surface area contributed by atoms with Gasteiger partial charge in [0.25, 0.3) is 0 Å². The van der Waals surface area contributed by atoms with Gasteiger partial charge >= 0.3 is 5.97 Å². The number of carboxylic acids is 1. The third kappa shape index (κ3) is 5.27. The van der Waals surface area contributed by atoms with Crippen LogP contribution in [0.15, 0.2) is 47.4 Å². The number of benzene rings is 2. The Morgan fingerprint density at radius 1 is 1.26 bits per heavy atom. The van der Waals surface area contributed by atoms with Crippen LogP contribution >= 0.6 is 33.7 Å². The molecule has 3 heterocycles. The van der Waals surface area contributed by atoms with Gasteiger partial charge in [-0.3, -0.25) is 13.9 Å². The number of hydrogen-bond donors (Lipinski definition) is 3. The topological polar surface area (TPSA) is 121 Å². The van der Waals surface area contributed by atoms with Crippen molar-refractivity contribution in [1.29, 1.82) is 0 Å². The van der Waals surface area contributed by atoms with Crippen LogP contribution in [0.25, 0.3) is 11.0 Å². The summed E-state index contributed by atoms with van der Waals surface area (Å²) in [5.74, 6) is -0.910. The zero-order valence-electron chi connectivity index (χ0n) is 21.9. The van der Waals surface area contributed by atoms with E-state index in [0.717, 1.165) is 27.0 Å². The number of carbonyl (C=O) groups is 1. The number of aryl methyl sites for hydroxylation is 2. The molecule has 0 spiro atoms. The van der Waals surface area contributed by atoms with Crippen molar-refractivity contribution in [1.82, 2.24) is 19.3 Å². The van der Waals surface area contributed by atoms with E-state index in [0.29, 0.717) is 40.1 Å². The Morgan fingerprint density at radius 3 is 2.74 bits per heavy atom. The number of aliphatic carboxylic acids is 1. The minimum Gasteiger partial charge on any atom is -0.487 e. The lowest BCUT2D eigenvalue weighted by Gasteiger charge is -2.41. The van der Waals surface area contributed by atoms with Crippen LogP contribution in [0.2, 0.25) is 4.34 Å². The van der Waals surface area contributed by atoms with Crippen molar-refractivity contribution in [3.63, 3.8) is 0 Å². The maximum Gasteiger partial charge on any atom is 0.304 e. The second kappa shape index (κ2) is 11.1. The normalized spacial score (nSPS) is 18.8. The highest BCUT2D eigenvalue weighted by atomic mass is 35.5. The van der Waals surface area contributed by atoms with Crippen molar-refractivity contribution in [3.8, 4) is 5.75 Å². The number of nitrogens with zero attached hydrogens (tertiary/aromatic N) is 4. The van der Waals surface area contributed by atoms with Gasteiger partial charge in [-0.05, 0) is 61.2 Å². The molecule has 2 atom stereocenters. The van der Waals surface area contributed by atoms with Crippen LogP contribution in [0.1, 0.15) is 54.2 Å². The van der Waals surface area contributed by atoms with Gasteiger partial charge in [0, 0.05) is 23.9 Å². The molecule has 0 amide bonds. The Bertz CT molecular complexity index is 1520. The van der Waals surface area contributed by atoms with Gasteiger partial charge in [-0.2, -0.15) is 4.31 Å². The monoisotopic (exact) mass is 590 g/mol. The van der Waals surface area contributed by atoms with E-state index in [1.165, 1.54) is 11.3 Å². The van der Waals surface area contributed by atoms with Crippen LogP contribution < -0.4 is 4.74 Å². The molecule has 4 aromatic rings. The first kappa shape index (κ1) is 27.9. The van der Waals surface area contributed by atoms with Crippen LogP contribution in [-0.2, 0) is 17.9 Å². The zero-order chi connectivity index (χ0) is 27.9. The van der Waals surface area contributed by atoms with E-state index in [1.807, 2.05) is 49.7 Å². The van der Waals surface area contributed by atoms with E-state index in [4.69, 9.17) is 16.3 Å². The van der Waals surface area contributed by atoms with Crippen molar-refractivity contribution in [2.24, 2.45) is 0 Å². The molecule has 12 heteroatoms. The number of thiophene rings is 1. The van der Waals surface area contributed by atoms with Gasteiger partial charge in [-0.1, -0.05) is 41.9 Å². The van der Waals surface area contributed by atoms with Gasteiger partial charge in [0.2, 0.25) is 0 Å². The molecule has 2 unspecified atom stereocenters. The molecule has 0 aliphatic carbocycles. The molecule has 0 saturated heterocycles. The largest absolute Gasteiger partial charge is 0.487 e. The fraction of sp³-hybridized carbons (Fsp3) is 0.370.